The Morgan fingerprint density at radius 1 is 1.38 bits per heavy atom. The molecule has 0 radical (unpaired) electrons. The van der Waals surface area contributed by atoms with Crippen molar-refractivity contribution < 1.29 is 14.3 Å². The van der Waals surface area contributed by atoms with E-state index in [1.165, 1.54) is 6.33 Å². The fraction of sp³-hybridized carbons (Fsp3) is 0.389. The smallest absolute Gasteiger partial charge is 0.226 e. The molecule has 7 nitrogen and oxygen atoms in total. The van der Waals surface area contributed by atoms with Gasteiger partial charge in [-0.3, -0.25) is 4.79 Å². The Morgan fingerprint density at radius 3 is 3.00 bits per heavy atom. The average molecular weight is 419 g/mol. The number of rotatable bonds is 4. The normalized spacial score (nSPS) is 18.9. The summed E-state index contributed by atoms with van der Waals surface area (Å²) in [6, 6.07) is 3.53. The molecule has 2 heterocycles. The van der Waals surface area contributed by atoms with E-state index in [4.69, 9.17) is 9.47 Å². The summed E-state index contributed by atoms with van der Waals surface area (Å²) in [5.41, 5.74) is 2.59. The predicted octanol–water partition coefficient (Wildman–Crippen LogP) is 3.47. The molecular formula is C18H19BrN4O3. The molecular weight excluding hydrogens is 400 g/mol. The molecule has 136 valence electrons. The Hall–Kier alpha value is -2.35. The van der Waals surface area contributed by atoms with Crippen LogP contribution in [0.1, 0.15) is 37.8 Å². The molecule has 26 heavy (non-hydrogen) atoms. The van der Waals surface area contributed by atoms with E-state index >= 15 is 0 Å². The van der Waals surface area contributed by atoms with Gasteiger partial charge >= 0.3 is 0 Å². The van der Waals surface area contributed by atoms with Gasteiger partial charge < -0.3 is 14.8 Å². The Morgan fingerprint density at radius 2 is 2.23 bits per heavy atom. The largest absolute Gasteiger partial charge is 0.493 e. The number of fused-ring (bicyclic) bond motifs is 1. The number of hydrogen-bond acceptors (Lipinski definition) is 6. The third kappa shape index (κ3) is 2.68. The number of methoxy groups -OCH3 is 1. The van der Waals surface area contributed by atoms with Gasteiger partial charge in [-0.1, -0.05) is 0 Å². The molecule has 1 atom stereocenters. The van der Waals surface area contributed by atoms with Crippen LogP contribution in [-0.4, -0.2) is 34.3 Å². The number of nitrogens with zero attached hydrogens (tertiary/aromatic N) is 3. The Bertz CT molecular complexity index is 906. The first-order valence-electron chi connectivity index (χ1n) is 8.57. The van der Waals surface area contributed by atoms with Gasteiger partial charge in [0.2, 0.25) is 5.95 Å². The molecule has 1 N–H and O–H groups in total. The molecule has 0 amide bonds. The van der Waals surface area contributed by atoms with Crippen molar-refractivity contribution >= 4 is 27.7 Å². The summed E-state index contributed by atoms with van der Waals surface area (Å²) in [7, 11) is 1.61. The van der Waals surface area contributed by atoms with Crippen molar-refractivity contribution in [2.75, 3.05) is 19.0 Å². The predicted molar refractivity (Wildman–Crippen MR) is 99.5 cm³/mol. The summed E-state index contributed by atoms with van der Waals surface area (Å²) in [5.74, 6) is 2.05. The van der Waals surface area contributed by atoms with Crippen LogP contribution in [0.2, 0.25) is 0 Å². The van der Waals surface area contributed by atoms with Crippen LogP contribution in [-0.2, 0) is 4.79 Å². The lowest BCUT2D eigenvalue weighted by molar-refractivity contribution is -0.116. The Labute approximate surface area is 159 Å². The number of carbonyl (C=O) groups excluding carboxylic acids is 1. The molecule has 2 aliphatic rings. The van der Waals surface area contributed by atoms with Gasteiger partial charge in [0.25, 0.3) is 0 Å². The van der Waals surface area contributed by atoms with Crippen molar-refractivity contribution in [2.45, 2.75) is 32.2 Å². The first-order chi connectivity index (χ1) is 12.6. The number of allylic oxidation sites excluding steroid dienone is 2. The van der Waals surface area contributed by atoms with E-state index in [0.29, 0.717) is 30.5 Å². The monoisotopic (exact) mass is 418 g/mol. The van der Waals surface area contributed by atoms with E-state index in [-0.39, 0.29) is 11.8 Å². The maximum absolute atomic E-state index is 12.7. The number of hydrogen-bond donors (Lipinski definition) is 1. The second-order valence-electron chi connectivity index (χ2n) is 6.19. The standard InChI is InChI=1S/C18H19BrN4O3/c1-3-26-17-11(19)7-10(8-14(17)25-2)16-15-12(5-4-6-13(15)24)22-18-20-9-21-23(16)18/h7-9,16H,3-6H2,1-2H3,(H,20,21,22)/t16-/m1/s1. The first-order valence-corrected chi connectivity index (χ1v) is 9.36. The number of halogens is 1. The lowest BCUT2D eigenvalue weighted by Gasteiger charge is -2.32. The zero-order valence-electron chi connectivity index (χ0n) is 14.6. The summed E-state index contributed by atoms with van der Waals surface area (Å²) in [5, 5.41) is 7.62. The number of benzene rings is 1. The number of anilines is 1. The van der Waals surface area contributed by atoms with E-state index < -0.39 is 0 Å². The molecule has 0 saturated heterocycles. The summed E-state index contributed by atoms with van der Waals surface area (Å²) in [6.07, 6.45) is 3.73. The molecule has 1 aromatic carbocycles. The highest BCUT2D eigenvalue weighted by Crippen LogP contribution is 2.44. The quantitative estimate of drug-likeness (QED) is 0.818. The average Bonchev–Trinajstić information content (AvgIpc) is 3.10. The zero-order valence-corrected chi connectivity index (χ0v) is 16.2. The molecule has 8 heteroatoms. The Kier molecular flexibility index (Phi) is 4.44. The van der Waals surface area contributed by atoms with Gasteiger partial charge in [0.15, 0.2) is 17.3 Å². The molecule has 0 saturated carbocycles. The minimum absolute atomic E-state index is 0.147. The van der Waals surface area contributed by atoms with Gasteiger partial charge in [-0.2, -0.15) is 10.1 Å². The number of ketones is 1. The van der Waals surface area contributed by atoms with Gasteiger partial charge in [0, 0.05) is 17.7 Å². The van der Waals surface area contributed by atoms with E-state index in [1.54, 1.807) is 11.8 Å². The summed E-state index contributed by atoms with van der Waals surface area (Å²) >= 11 is 3.57. The molecule has 0 spiro atoms. The van der Waals surface area contributed by atoms with Crippen molar-refractivity contribution in [3.63, 3.8) is 0 Å². The summed E-state index contributed by atoms with van der Waals surface area (Å²) in [4.78, 5) is 17.0. The van der Waals surface area contributed by atoms with Crippen LogP contribution in [0.4, 0.5) is 5.95 Å². The summed E-state index contributed by atoms with van der Waals surface area (Å²) in [6.45, 7) is 2.45. The molecule has 1 aliphatic heterocycles. The van der Waals surface area contributed by atoms with Crippen molar-refractivity contribution in [3.8, 4) is 11.5 Å². The third-order valence-electron chi connectivity index (χ3n) is 4.67. The van der Waals surface area contributed by atoms with E-state index in [0.717, 1.165) is 34.1 Å². The molecule has 1 aliphatic carbocycles. The van der Waals surface area contributed by atoms with E-state index in [1.807, 2.05) is 19.1 Å². The SMILES string of the molecule is CCOc1c(Br)cc([C@@H]2C3=C(CCCC3=O)Nc3ncnn32)cc1OC. The van der Waals surface area contributed by atoms with Gasteiger partial charge in [-0.05, 0) is 53.4 Å². The molecule has 0 bridgehead atoms. The lowest BCUT2D eigenvalue weighted by Crippen LogP contribution is -2.31. The van der Waals surface area contributed by atoms with Gasteiger partial charge in [0.1, 0.15) is 12.4 Å². The van der Waals surface area contributed by atoms with Crippen LogP contribution >= 0.6 is 15.9 Å². The van der Waals surface area contributed by atoms with Gasteiger partial charge in [0.05, 0.1) is 18.2 Å². The maximum atomic E-state index is 12.7. The fourth-order valence-corrected chi connectivity index (χ4v) is 4.16. The number of aromatic nitrogens is 3. The first kappa shape index (κ1) is 17.1. The van der Waals surface area contributed by atoms with Crippen molar-refractivity contribution in [1.29, 1.82) is 0 Å². The van der Waals surface area contributed by atoms with Crippen molar-refractivity contribution in [3.05, 3.63) is 39.8 Å². The minimum atomic E-state index is -0.336. The number of ether oxygens (including phenoxy) is 2. The van der Waals surface area contributed by atoms with Crippen LogP contribution in [0.25, 0.3) is 0 Å². The lowest BCUT2D eigenvalue weighted by atomic mass is 9.85. The maximum Gasteiger partial charge on any atom is 0.226 e. The molecule has 0 unspecified atom stereocenters. The molecule has 4 rings (SSSR count). The molecule has 2 aromatic rings. The second kappa shape index (κ2) is 6.75. The highest BCUT2D eigenvalue weighted by Gasteiger charge is 2.36. The van der Waals surface area contributed by atoms with Crippen molar-refractivity contribution in [1.82, 2.24) is 14.8 Å². The van der Waals surface area contributed by atoms with Crippen LogP contribution in [0.5, 0.6) is 11.5 Å². The number of Topliss-reactive ketones (excluding diaryl/α,β-unsaturated/α-hetero) is 1. The topological polar surface area (TPSA) is 78.3 Å². The van der Waals surface area contributed by atoms with E-state index in [2.05, 4.69) is 31.3 Å². The molecule has 0 fully saturated rings. The third-order valence-corrected chi connectivity index (χ3v) is 5.26. The fourth-order valence-electron chi connectivity index (χ4n) is 3.59. The minimum Gasteiger partial charge on any atom is -0.493 e. The Balaban J connectivity index is 1.89. The second-order valence-corrected chi connectivity index (χ2v) is 7.05. The van der Waals surface area contributed by atoms with Crippen LogP contribution in [0.3, 0.4) is 0 Å². The van der Waals surface area contributed by atoms with Crippen LogP contribution in [0.15, 0.2) is 34.2 Å². The van der Waals surface area contributed by atoms with Crippen LogP contribution < -0.4 is 14.8 Å². The van der Waals surface area contributed by atoms with Crippen molar-refractivity contribution in [2.24, 2.45) is 0 Å². The number of carbonyl (C=O) groups is 1. The highest BCUT2D eigenvalue weighted by atomic mass is 79.9. The van der Waals surface area contributed by atoms with Gasteiger partial charge in [-0.25, -0.2) is 4.68 Å². The number of nitrogens with one attached hydrogen (secondary N) is 1. The summed E-state index contributed by atoms with van der Waals surface area (Å²) < 4.78 is 13.7. The van der Waals surface area contributed by atoms with Crippen LogP contribution in [0, 0.1) is 0 Å². The molecule has 1 aromatic heterocycles. The van der Waals surface area contributed by atoms with E-state index in [9.17, 15) is 4.79 Å². The zero-order chi connectivity index (χ0) is 18.3. The van der Waals surface area contributed by atoms with Gasteiger partial charge in [-0.15, -0.1) is 0 Å². The highest BCUT2D eigenvalue weighted by molar-refractivity contribution is 9.10.